The van der Waals surface area contributed by atoms with Gasteiger partial charge in [0.25, 0.3) is 0 Å². The minimum absolute atomic E-state index is 0.0238. The van der Waals surface area contributed by atoms with Gasteiger partial charge in [0.2, 0.25) is 11.8 Å². The highest BCUT2D eigenvalue weighted by Gasteiger charge is 2.34. The van der Waals surface area contributed by atoms with Gasteiger partial charge in [0.1, 0.15) is 12.4 Å². The summed E-state index contributed by atoms with van der Waals surface area (Å²) in [6, 6.07) is 17.3. The Kier molecular flexibility index (Phi) is 4.58. The number of piperazine rings is 1. The Hall–Kier alpha value is -2.86. The fraction of sp³-hybridized carbons (Fsp3) is 0.300. The molecule has 2 aromatic rings. The van der Waals surface area contributed by atoms with E-state index in [1.165, 1.54) is 0 Å². The molecule has 1 saturated heterocycles. The van der Waals surface area contributed by atoms with Gasteiger partial charge in [-0.2, -0.15) is 0 Å². The standard InChI is InChI=1S/C20H21N3O3/c24-19-12-22(11-10-21-19)13-20(25)23-16-8-4-5-9-18(16)26-14-17(23)15-6-2-1-3-7-15/h1-9,17H,10-14H2,(H,21,24)/t17-/m0/s1. The van der Waals surface area contributed by atoms with Gasteiger partial charge in [-0.15, -0.1) is 0 Å². The van der Waals surface area contributed by atoms with Crippen molar-refractivity contribution in [2.75, 3.05) is 37.7 Å². The van der Waals surface area contributed by atoms with Crippen LogP contribution in [0.15, 0.2) is 54.6 Å². The first-order valence-electron chi connectivity index (χ1n) is 8.80. The van der Waals surface area contributed by atoms with Gasteiger partial charge < -0.3 is 10.1 Å². The van der Waals surface area contributed by atoms with E-state index in [4.69, 9.17) is 4.74 Å². The van der Waals surface area contributed by atoms with Crippen molar-refractivity contribution in [3.63, 3.8) is 0 Å². The number of nitrogens with one attached hydrogen (secondary N) is 1. The average molecular weight is 351 g/mol. The van der Waals surface area contributed by atoms with Crippen LogP contribution in [0.3, 0.4) is 0 Å². The lowest BCUT2D eigenvalue weighted by Gasteiger charge is -2.38. The molecule has 6 heteroatoms. The van der Waals surface area contributed by atoms with E-state index in [1.807, 2.05) is 64.4 Å². The highest BCUT2D eigenvalue weighted by atomic mass is 16.5. The van der Waals surface area contributed by atoms with Crippen molar-refractivity contribution in [1.29, 1.82) is 0 Å². The molecular formula is C20H21N3O3. The summed E-state index contributed by atoms with van der Waals surface area (Å²) in [5, 5.41) is 2.79. The van der Waals surface area contributed by atoms with Gasteiger partial charge in [-0.05, 0) is 17.7 Å². The second-order valence-electron chi connectivity index (χ2n) is 6.53. The molecule has 2 aliphatic rings. The first-order chi connectivity index (χ1) is 12.7. The number of carbonyl (C=O) groups is 2. The topological polar surface area (TPSA) is 61.9 Å². The monoisotopic (exact) mass is 351 g/mol. The SMILES string of the molecule is O=C1CN(CC(=O)N2c3ccccc3OC[C@H]2c2ccccc2)CCN1. The van der Waals surface area contributed by atoms with E-state index >= 15 is 0 Å². The van der Waals surface area contributed by atoms with E-state index in [0.29, 0.717) is 25.4 Å². The van der Waals surface area contributed by atoms with Crippen LogP contribution in [0.4, 0.5) is 5.69 Å². The van der Waals surface area contributed by atoms with Crippen molar-refractivity contribution in [1.82, 2.24) is 10.2 Å². The minimum atomic E-state index is -0.183. The number of hydrogen-bond acceptors (Lipinski definition) is 4. The van der Waals surface area contributed by atoms with E-state index < -0.39 is 0 Å². The molecule has 26 heavy (non-hydrogen) atoms. The molecule has 0 aliphatic carbocycles. The van der Waals surface area contributed by atoms with Crippen molar-refractivity contribution in [2.45, 2.75) is 6.04 Å². The van der Waals surface area contributed by atoms with Crippen molar-refractivity contribution in [3.8, 4) is 5.75 Å². The normalized spacial score (nSPS) is 20.1. The first kappa shape index (κ1) is 16.6. The molecule has 2 heterocycles. The maximum Gasteiger partial charge on any atom is 0.241 e. The summed E-state index contributed by atoms with van der Waals surface area (Å²) >= 11 is 0. The van der Waals surface area contributed by atoms with E-state index in [9.17, 15) is 9.59 Å². The Balaban J connectivity index is 1.64. The van der Waals surface area contributed by atoms with Crippen LogP contribution in [0.2, 0.25) is 0 Å². The lowest BCUT2D eigenvalue weighted by Crippen LogP contribution is -2.52. The fourth-order valence-electron chi connectivity index (χ4n) is 3.51. The lowest BCUT2D eigenvalue weighted by molar-refractivity contribution is -0.126. The molecular weight excluding hydrogens is 330 g/mol. The third-order valence-electron chi connectivity index (χ3n) is 4.76. The maximum absolute atomic E-state index is 13.2. The molecule has 1 N–H and O–H groups in total. The van der Waals surface area contributed by atoms with Crippen LogP contribution in [-0.4, -0.2) is 49.5 Å². The van der Waals surface area contributed by atoms with Crippen molar-refractivity contribution < 1.29 is 14.3 Å². The predicted octanol–water partition coefficient (Wildman–Crippen LogP) is 1.59. The molecule has 2 amide bonds. The number of nitrogens with zero attached hydrogens (tertiary/aromatic N) is 2. The van der Waals surface area contributed by atoms with Gasteiger partial charge in [0.05, 0.1) is 24.8 Å². The zero-order valence-electron chi connectivity index (χ0n) is 14.4. The highest BCUT2D eigenvalue weighted by Crippen LogP contribution is 2.39. The third-order valence-corrected chi connectivity index (χ3v) is 4.76. The van der Waals surface area contributed by atoms with Crippen LogP contribution in [0.25, 0.3) is 0 Å². The molecule has 6 nitrogen and oxygen atoms in total. The van der Waals surface area contributed by atoms with Crippen molar-refractivity contribution >= 4 is 17.5 Å². The van der Waals surface area contributed by atoms with E-state index in [-0.39, 0.29) is 30.9 Å². The van der Waals surface area contributed by atoms with Gasteiger partial charge in [-0.25, -0.2) is 0 Å². The molecule has 1 atom stereocenters. The highest BCUT2D eigenvalue weighted by molar-refractivity contribution is 5.97. The average Bonchev–Trinajstić information content (AvgIpc) is 2.67. The van der Waals surface area contributed by atoms with Crippen molar-refractivity contribution in [3.05, 3.63) is 60.2 Å². The van der Waals surface area contributed by atoms with Gasteiger partial charge in [-0.1, -0.05) is 42.5 Å². The molecule has 0 bridgehead atoms. The number of ether oxygens (including phenoxy) is 1. The summed E-state index contributed by atoms with van der Waals surface area (Å²) in [5.41, 5.74) is 1.81. The van der Waals surface area contributed by atoms with Gasteiger partial charge >= 0.3 is 0 Å². The Morgan fingerprint density at radius 2 is 1.88 bits per heavy atom. The Morgan fingerprint density at radius 3 is 2.69 bits per heavy atom. The second-order valence-corrected chi connectivity index (χ2v) is 6.53. The number of carbonyl (C=O) groups excluding carboxylic acids is 2. The fourth-order valence-corrected chi connectivity index (χ4v) is 3.51. The Morgan fingerprint density at radius 1 is 1.12 bits per heavy atom. The summed E-state index contributed by atoms with van der Waals surface area (Å²) in [6.07, 6.45) is 0. The lowest BCUT2D eigenvalue weighted by atomic mass is 10.0. The summed E-state index contributed by atoms with van der Waals surface area (Å²) in [7, 11) is 0. The van der Waals surface area contributed by atoms with Crippen LogP contribution in [0, 0.1) is 0 Å². The molecule has 0 spiro atoms. The molecule has 0 radical (unpaired) electrons. The Bertz CT molecular complexity index is 809. The van der Waals surface area contributed by atoms with Crippen molar-refractivity contribution in [2.24, 2.45) is 0 Å². The minimum Gasteiger partial charge on any atom is -0.489 e. The predicted molar refractivity (Wildman–Crippen MR) is 98.1 cm³/mol. The zero-order chi connectivity index (χ0) is 17.9. The van der Waals surface area contributed by atoms with E-state index in [0.717, 1.165) is 11.3 Å². The smallest absolute Gasteiger partial charge is 0.241 e. The first-order valence-corrected chi connectivity index (χ1v) is 8.80. The second kappa shape index (κ2) is 7.17. The zero-order valence-corrected chi connectivity index (χ0v) is 14.4. The number of hydrogen-bond donors (Lipinski definition) is 1. The molecule has 1 fully saturated rings. The van der Waals surface area contributed by atoms with Gasteiger partial charge in [-0.3, -0.25) is 19.4 Å². The summed E-state index contributed by atoms with van der Waals surface area (Å²) in [4.78, 5) is 28.5. The van der Waals surface area contributed by atoms with Gasteiger partial charge in [0.15, 0.2) is 0 Å². The summed E-state index contributed by atoms with van der Waals surface area (Å²) in [6.45, 7) is 2.14. The van der Waals surface area contributed by atoms with E-state index in [2.05, 4.69) is 5.32 Å². The quantitative estimate of drug-likeness (QED) is 0.912. The van der Waals surface area contributed by atoms with E-state index in [1.54, 1.807) is 0 Å². The number of fused-ring (bicyclic) bond motifs is 1. The van der Waals surface area contributed by atoms with Crippen LogP contribution >= 0.6 is 0 Å². The molecule has 134 valence electrons. The number of amides is 2. The number of benzene rings is 2. The summed E-state index contributed by atoms with van der Waals surface area (Å²) < 4.78 is 5.91. The molecule has 0 saturated carbocycles. The van der Waals surface area contributed by atoms with Crippen LogP contribution in [-0.2, 0) is 9.59 Å². The number of anilines is 1. The third kappa shape index (κ3) is 3.28. The van der Waals surface area contributed by atoms with Crippen LogP contribution in [0.1, 0.15) is 11.6 Å². The number of rotatable bonds is 3. The number of para-hydroxylation sites is 2. The summed E-state index contributed by atoms with van der Waals surface area (Å²) in [5.74, 6) is 0.653. The largest absolute Gasteiger partial charge is 0.489 e. The molecule has 4 rings (SSSR count). The van der Waals surface area contributed by atoms with Gasteiger partial charge in [0, 0.05) is 13.1 Å². The maximum atomic E-state index is 13.2. The molecule has 0 aromatic heterocycles. The molecule has 0 unspecified atom stereocenters. The van der Waals surface area contributed by atoms with Crippen LogP contribution in [0.5, 0.6) is 5.75 Å². The molecule has 2 aromatic carbocycles. The van der Waals surface area contributed by atoms with Crippen LogP contribution < -0.4 is 15.0 Å². The Labute approximate surface area is 152 Å². The molecule has 2 aliphatic heterocycles.